The van der Waals surface area contributed by atoms with E-state index in [0.29, 0.717) is 5.56 Å². The first-order valence-electron chi connectivity index (χ1n) is 5.92. The number of rotatable bonds is 4. The molecule has 0 aliphatic carbocycles. The van der Waals surface area contributed by atoms with Gasteiger partial charge in [0.05, 0.1) is 16.3 Å². The van der Waals surface area contributed by atoms with E-state index < -0.39 is 16.0 Å². The number of anilines is 1. The van der Waals surface area contributed by atoms with E-state index in [1.165, 1.54) is 30.3 Å². The molecular weight excluding hydrogens is 314 g/mol. The zero-order valence-electron chi connectivity index (χ0n) is 11.0. The molecule has 0 fully saturated rings. The lowest BCUT2D eigenvalue weighted by atomic mass is 10.1. The lowest BCUT2D eigenvalue weighted by Crippen LogP contribution is -2.14. The molecule has 0 amide bonds. The molecule has 7 heteroatoms. The van der Waals surface area contributed by atoms with Crippen LogP contribution in [0.2, 0.25) is 5.02 Å². The van der Waals surface area contributed by atoms with Crippen molar-refractivity contribution in [2.75, 3.05) is 4.72 Å². The summed E-state index contributed by atoms with van der Waals surface area (Å²) in [6, 6.07) is 10.2. The predicted molar refractivity (Wildman–Crippen MR) is 80.4 cm³/mol. The molecule has 0 saturated heterocycles. The van der Waals surface area contributed by atoms with E-state index in [1.54, 1.807) is 19.1 Å². The van der Waals surface area contributed by atoms with Gasteiger partial charge in [-0.05, 0) is 36.8 Å². The van der Waals surface area contributed by atoms with Gasteiger partial charge < -0.3 is 5.11 Å². The van der Waals surface area contributed by atoms with Crippen LogP contribution in [0.4, 0.5) is 5.69 Å². The minimum Gasteiger partial charge on any atom is -0.478 e. The third kappa shape index (κ3) is 3.34. The van der Waals surface area contributed by atoms with Crippen LogP contribution in [0.1, 0.15) is 15.9 Å². The van der Waals surface area contributed by atoms with Crippen LogP contribution in [0.25, 0.3) is 0 Å². The fourth-order valence-electron chi connectivity index (χ4n) is 1.73. The molecule has 0 bridgehead atoms. The summed E-state index contributed by atoms with van der Waals surface area (Å²) in [4.78, 5) is 10.9. The van der Waals surface area contributed by atoms with Crippen molar-refractivity contribution in [2.45, 2.75) is 11.8 Å². The molecule has 2 aromatic carbocycles. The monoisotopic (exact) mass is 325 g/mol. The zero-order valence-corrected chi connectivity index (χ0v) is 12.6. The minimum atomic E-state index is -3.88. The van der Waals surface area contributed by atoms with Crippen LogP contribution >= 0.6 is 11.6 Å². The first-order valence-corrected chi connectivity index (χ1v) is 7.78. The molecule has 21 heavy (non-hydrogen) atoms. The quantitative estimate of drug-likeness (QED) is 0.904. The van der Waals surface area contributed by atoms with E-state index in [2.05, 4.69) is 4.72 Å². The fraction of sp³-hybridized carbons (Fsp3) is 0.0714. The van der Waals surface area contributed by atoms with Crippen molar-refractivity contribution in [3.63, 3.8) is 0 Å². The molecule has 2 aromatic rings. The van der Waals surface area contributed by atoms with Gasteiger partial charge in [-0.1, -0.05) is 29.8 Å². The number of aromatic carboxylic acids is 1. The van der Waals surface area contributed by atoms with Gasteiger partial charge in [-0.3, -0.25) is 4.72 Å². The van der Waals surface area contributed by atoms with E-state index in [9.17, 15) is 13.2 Å². The van der Waals surface area contributed by atoms with E-state index in [-0.39, 0.29) is 21.2 Å². The third-order valence-corrected chi connectivity index (χ3v) is 4.72. The second-order valence-corrected chi connectivity index (χ2v) is 6.43. The second-order valence-electron chi connectivity index (χ2n) is 4.37. The summed E-state index contributed by atoms with van der Waals surface area (Å²) in [7, 11) is -3.88. The van der Waals surface area contributed by atoms with Gasteiger partial charge in [-0.25, -0.2) is 13.2 Å². The minimum absolute atomic E-state index is 0.00235. The summed E-state index contributed by atoms with van der Waals surface area (Å²) < 4.78 is 27.0. The number of halogens is 1. The SMILES string of the molecule is Cc1ccc(C(=O)O)cc1NS(=O)(=O)c1ccccc1Cl. The van der Waals surface area contributed by atoms with Crippen molar-refractivity contribution in [3.05, 3.63) is 58.6 Å². The summed E-state index contributed by atoms with van der Waals surface area (Å²) in [5, 5.41) is 9.06. The van der Waals surface area contributed by atoms with Crippen LogP contribution in [0.15, 0.2) is 47.4 Å². The van der Waals surface area contributed by atoms with Crippen LogP contribution in [0.5, 0.6) is 0 Å². The standard InChI is InChI=1S/C14H12ClNO4S/c1-9-6-7-10(14(17)18)8-12(9)16-21(19,20)13-5-3-2-4-11(13)15/h2-8,16H,1H3,(H,17,18). The van der Waals surface area contributed by atoms with Crippen molar-refractivity contribution in [3.8, 4) is 0 Å². The smallest absolute Gasteiger partial charge is 0.335 e. The maximum absolute atomic E-state index is 12.3. The Balaban J connectivity index is 2.44. The van der Waals surface area contributed by atoms with Gasteiger partial charge in [0.25, 0.3) is 10.0 Å². The number of aryl methyl sites for hydroxylation is 1. The molecule has 0 spiro atoms. The number of nitrogens with one attached hydrogen (secondary N) is 1. The normalized spacial score (nSPS) is 11.1. The largest absolute Gasteiger partial charge is 0.478 e. The first kappa shape index (κ1) is 15.3. The van der Waals surface area contributed by atoms with Gasteiger partial charge in [0, 0.05) is 0 Å². The number of benzene rings is 2. The van der Waals surface area contributed by atoms with Gasteiger partial charge in [-0.2, -0.15) is 0 Å². The predicted octanol–water partition coefficient (Wildman–Crippen LogP) is 3.15. The van der Waals surface area contributed by atoms with Crippen molar-refractivity contribution in [1.82, 2.24) is 0 Å². The molecule has 0 atom stereocenters. The van der Waals surface area contributed by atoms with Crippen molar-refractivity contribution in [2.24, 2.45) is 0 Å². The van der Waals surface area contributed by atoms with Crippen LogP contribution in [-0.4, -0.2) is 19.5 Å². The van der Waals surface area contributed by atoms with E-state index in [0.717, 1.165) is 0 Å². The maximum atomic E-state index is 12.3. The number of sulfonamides is 1. The molecule has 2 N–H and O–H groups in total. The van der Waals surface area contributed by atoms with Gasteiger partial charge in [-0.15, -0.1) is 0 Å². The number of hydrogen-bond acceptors (Lipinski definition) is 3. The van der Waals surface area contributed by atoms with Crippen molar-refractivity contribution < 1.29 is 18.3 Å². The lowest BCUT2D eigenvalue weighted by molar-refractivity contribution is 0.0697. The highest BCUT2D eigenvalue weighted by Crippen LogP contribution is 2.25. The third-order valence-electron chi connectivity index (χ3n) is 2.86. The lowest BCUT2D eigenvalue weighted by Gasteiger charge is -2.12. The molecule has 0 aromatic heterocycles. The molecule has 0 heterocycles. The van der Waals surface area contributed by atoms with Crippen LogP contribution in [0, 0.1) is 6.92 Å². The Labute approximate surface area is 127 Å². The number of carboxylic acid groups (broad SMARTS) is 1. The van der Waals surface area contributed by atoms with E-state index >= 15 is 0 Å². The number of carbonyl (C=O) groups is 1. The van der Waals surface area contributed by atoms with Crippen LogP contribution in [0.3, 0.4) is 0 Å². The summed E-state index contributed by atoms with van der Waals surface area (Å²) in [5.41, 5.74) is 0.808. The Kier molecular flexibility index (Phi) is 4.20. The molecule has 110 valence electrons. The van der Waals surface area contributed by atoms with Gasteiger partial charge >= 0.3 is 5.97 Å². The molecule has 0 unspecified atom stereocenters. The molecule has 2 rings (SSSR count). The molecule has 0 saturated carbocycles. The van der Waals surface area contributed by atoms with E-state index in [4.69, 9.17) is 16.7 Å². The van der Waals surface area contributed by atoms with Crippen LogP contribution < -0.4 is 4.72 Å². The molecule has 0 aliphatic rings. The van der Waals surface area contributed by atoms with Crippen LogP contribution in [-0.2, 0) is 10.0 Å². The fourth-order valence-corrected chi connectivity index (χ4v) is 3.37. The molecular formula is C14H12ClNO4S. The topological polar surface area (TPSA) is 83.5 Å². The van der Waals surface area contributed by atoms with E-state index in [1.807, 2.05) is 0 Å². The van der Waals surface area contributed by atoms with Gasteiger partial charge in [0.2, 0.25) is 0 Å². The first-order chi connectivity index (χ1) is 9.81. The summed E-state index contributed by atoms with van der Waals surface area (Å²) in [6.07, 6.45) is 0. The Morgan fingerprint density at radius 2 is 1.86 bits per heavy atom. The summed E-state index contributed by atoms with van der Waals surface area (Å²) >= 11 is 5.88. The Bertz CT molecular complexity index is 802. The summed E-state index contributed by atoms with van der Waals surface area (Å²) in [5.74, 6) is -1.13. The van der Waals surface area contributed by atoms with Crippen molar-refractivity contribution >= 4 is 33.3 Å². The number of hydrogen-bond donors (Lipinski definition) is 2. The number of carboxylic acids is 1. The maximum Gasteiger partial charge on any atom is 0.335 e. The average molecular weight is 326 g/mol. The molecule has 5 nitrogen and oxygen atoms in total. The molecule has 0 radical (unpaired) electrons. The van der Waals surface area contributed by atoms with Crippen molar-refractivity contribution in [1.29, 1.82) is 0 Å². The van der Waals surface area contributed by atoms with Gasteiger partial charge in [0.15, 0.2) is 0 Å². The highest BCUT2D eigenvalue weighted by atomic mass is 35.5. The average Bonchev–Trinajstić information content (AvgIpc) is 2.41. The Morgan fingerprint density at radius 1 is 1.19 bits per heavy atom. The Morgan fingerprint density at radius 3 is 2.48 bits per heavy atom. The zero-order chi connectivity index (χ0) is 15.6. The summed E-state index contributed by atoms with van der Waals surface area (Å²) in [6.45, 7) is 1.68. The van der Waals surface area contributed by atoms with Gasteiger partial charge in [0.1, 0.15) is 4.90 Å². The molecule has 0 aliphatic heterocycles. The highest BCUT2D eigenvalue weighted by molar-refractivity contribution is 7.92. The Hall–Kier alpha value is -2.05. The second kappa shape index (κ2) is 5.75. The highest BCUT2D eigenvalue weighted by Gasteiger charge is 2.19.